The van der Waals surface area contributed by atoms with Crippen LogP contribution < -0.4 is 0 Å². The van der Waals surface area contributed by atoms with Gasteiger partial charge in [-0.2, -0.15) is 3.84 Å². The SMILES string of the molecule is CCO.CCO.ClOCl.[V]. The minimum atomic E-state index is 0. The summed E-state index contributed by atoms with van der Waals surface area (Å²) in [5.74, 6) is 0. The molecule has 0 spiro atoms. The van der Waals surface area contributed by atoms with Crippen molar-refractivity contribution in [1.29, 1.82) is 0 Å². The molecular weight excluding hydrogens is 218 g/mol. The predicted molar refractivity (Wildman–Crippen MR) is 38.3 cm³/mol. The molecule has 1 radical (unpaired) electrons. The Morgan fingerprint density at radius 3 is 1.10 bits per heavy atom. The van der Waals surface area contributed by atoms with Crippen LogP contribution in [0.25, 0.3) is 0 Å². The van der Waals surface area contributed by atoms with Gasteiger partial charge in [0, 0.05) is 31.8 Å². The van der Waals surface area contributed by atoms with Gasteiger partial charge in [-0.15, -0.1) is 0 Å². The zero-order valence-electron chi connectivity index (χ0n) is 5.92. The van der Waals surface area contributed by atoms with Gasteiger partial charge in [0.15, 0.2) is 0 Å². The van der Waals surface area contributed by atoms with Crippen LogP contribution in [0.5, 0.6) is 0 Å². The van der Waals surface area contributed by atoms with Gasteiger partial charge in [0.25, 0.3) is 0 Å². The molecule has 0 saturated heterocycles. The molecule has 0 aromatic carbocycles. The number of rotatable bonds is 0. The third-order valence-corrected chi connectivity index (χ3v) is 0. The summed E-state index contributed by atoms with van der Waals surface area (Å²) in [5, 5.41) is 15.1. The molecule has 0 bridgehead atoms. The third-order valence-electron chi connectivity index (χ3n) is 0. The molecule has 65 valence electrons. The van der Waals surface area contributed by atoms with Crippen LogP contribution in [-0.4, -0.2) is 23.4 Å². The molecule has 0 rings (SSSR count). The van der Waals surface area contributed by atoms with E-state index in [0.717, 1.165) is 0 Å². The van der Waals surface area contributed by atoms with E-state index in [-0.39, 0.29) is 31.8 Å². The zero-order chi connectivity index (χ0) is 8.12. The second kappa shape index (κ2) is 50.2. The molecule has 0 atom stereocenters. The topological polar surface area (TPSA) is 49.7 Å². The Morgan fingerprint density at radius 1 is 1.10 bits per heavy atom. The van der Waals surface area contributed by atoms with Crippen molar-refractivity contribution in [1.82, 2.24) is 0 Å². The summed E-state index contributed by atoms with van der Waals surface area (Å²) in [4.78, 5) is 0. The Bertz CT molecular complexity index is 23.2. The van der Waals surface area contributed by atoms with Gasteiger partial charge in [-0.05, 0) is 13.8 Å². The molecule has 0 aromatic rings. The largest absolute Gasteiger partial charge is 0.397 e. The first-order valence-corrected chi connectivity index (χ1v) is 2.97. The van der Waals surface area contributed by atoms with Crippen LogP contribution in [0.1, 0.15) is 13.8 Å². The van der Waals surface area contributed by atoms with Crippen molar-refractivity contribution in [3.05, 3.63) is 0 Å². The normalized spacial score (nSPS) is 5.40. The van der Waals surface area contributed by atoms with Gasteiger partial charge in [0.1, 0.15) is 0 Å². The van der Waals surface area contributed by atoms with Crippen LogP contribution in [0, 0.1) is 0 Å². The molecule has 6 heteroatoms. The van der Waals surface area contributed by atoms with Crippen LogP contribution in [0.15, 0.2) is 0 Å². The maximum atomic E-state index is 7.57. The summed E-state index contributed by atoms with van der Waals surface area (Å²) in [6.45, 7) is 3.86. The van der Waals surface area contributed by atoms with Crippen molar-refractivity contribution in [2.45, 2.75) is 13.8 Å². The first kappa shape index (κ1) is 22.5. The minimum Gasteiger partial charge on any atom is -0.397 e. The van der Waals surface area contributed by atoms with Crippen molar-refractivity contribution in [3.63, 3.8) is 0 Å². The Morgan fingerprint density at radius 2 is 1.10 bits per heavy atom. The van der Waals surface area contributed by atoms with Crippen molar-refractivity contribution >= 4 is 23.7 Å². The van der Waals surface area contributed by atoms with Gasteiger partial charge in [0.2, 0.25) is 0 Å². The number of aliphatic hydroxyl groups is 2. The van der Waals surface area contributed by atoms with Gasteiger partial charge < -0.3 is 10.2 Å². The average molecular weight is 230 g/mol. The summed E-state index contributed by atoms with van der Waals surface area (Å²) in [5.41, 5.74) is 0. The van der Waals surface area contributed by atoms with Crippen LogP contribution in [-0.2, 0) is 22.4 Å². The Labute approximate surface area is 83.5 Å². The van der Waals surface area contributed by atoms with E-state index in [1.54, 1.807) is 13.8 Å². The van der Waals surface area contributed by atoms with Crippen molar-refractivity contribution in [2.75, 3.05) is 13.2 Å². The van der Waals surface area contributed by atoms with Crippen molar-refractivity contribution < 1.29 is 32.6 Å². The molecule has 0 aromatic heterocycles. The molecule has 0 amide bonds. The molecule has 0 aliphatic heterocycles. The van der Waals surface area contributed by atoms with E-state index < -0.39 is 0 Å². The molecule has 10 heavy (non-hydrogen) atoms. The van der Waals surface area contributed by atoms with Crippen LogP contribution in [0.3, 0.4) is 0 Å². The van der Waals surface area contributed by atoms with Crippen molar-refractivity contribution in [2.24, 2.45) is 0 Å². The molecule has 0 aliphatic carbocycles. The minimum absolute atomic E-state index is 0. The average Bonchev–Trinajstić information content (AvgIpc) is 1.70. The zero-order valence-corrected chi connectivity index (χ0v) is 8.83. The third kappa shape index (κ3) is 537. The van der Waals surface area contributed by atoms with E-state index in [1.165, 1.54) is 0 Å². The molecule has 3 nitrogen and oxygen atoms in total. The fourth-order valence-electron chi connectivity index (χ4n) is 0. The Balaban J connectivity index is -0.0000000257. The molecule has 0 heterocycles. The number of hydrogen-bond donors (Lipinski definition) is 2. The summed E-state index contributed by atoms with van der Waals surface area (Å²) in [7, 11) is 0. The summed E-state index contributed by atoms with van der Waals surface area (Å²) >= 11 is 8.53. The van der Waals surface area contributed by atoms with Crippen LogP contribution in [0.4, 0.5) is 0 Å². The summed E-state index contributed by atoms with van der Waals surface area (Å²) in [6.07, 6.45) is 0. The van der Waals surface area contributed by atoms with Crippen LogP contribution >= 0.6 is 23.7 Å². The monoisotopic (exact) mass is 229 g/mol. The predicted octanol–water partition coefficient (Wildman–Crippen LogP) is 1.31. The van der Waals surface area contributed by atoms with Gasteiger partial charge in [-0.25, -0.2) is 0 Å². The molecule has 0 fully saturated rings. The van der Waals surface area contributed by atoms with E-state index in [9.17, 15) is 0 Å². The van der Waals surface area contributed by atoms with E-state index in [0.29, 0.717) is 0 Å². The second-order valence-electron chi connectivity index (χ2n) is 0.691. The quantitative estimate of drug-likeness (QED) is 0.659. The van der Waals surface area contributed by atoms with Gasteiger partial charge >= 0.3 is 0 Å². The number of hydrogen-bond acceptors (Lipinski definition) is 3. The molecule has 2 N–H and O–H groups in total. The number of aliphatic hydroxyl groups excluding tert-OH is 2. The van der Waals surface area contributed by atoms with E-state index >= 15 is 0 Å². The maximum absolute atomic E-state index is 7.57. The molecule has 0 aliphatic rings. The van der Waals surface area contributed by atoms with Gasteiger partial charge in [-0.1, -0.05) is 0 Å². The van der Waals surface area contributed by atoms with E-state index in [4.69, 9.17) is 10.2 Å². The standard InChI is InChI=1S/2C2H6O.Cl2O.V/c2*1-2-3;1-3-2;/h2*3H,2H2,1H3;;. The molecule has 0 unspecified atom stereocenters. The maximum Gasteiger partial charge on any atom is 0.0832 e. The first-order chi connectivity index (χ1) is 4.24. The second-order valence-corrected chi connectivity index (χ2v) is 1.16. The number of halogens is 2. The fraction of sp³-hybridized carbons (Fsp3) is 1.00. The summed E-state index contributed by atoms with van der Waals surface area (Å²) in [6, 6.07) is 0. The fourth-order valence-corrected chi connectivity index (χ4v) is 0. The van der Waals surface area contributed by atoms with E-state index in [2.05, 4.69) is 27.6 Å². The Kier molecular flexibility index (Phi) is 113. The van der Waals surface area contributed by atoms with Gasteiger partial charge in [0.05, 0.1) is 23.7 Å². The first-order valence-electron chi connectivity index (χ1n) is 2.36. The molecule has 0 saturated carbocycles. The van der Waals surface area contributed by atoms with E-state index in [1.807, 2.05) is 0 Å². The summed E-state index contributed by atoms with van der Waals surface area (Å²) < 4.78 is 3.19. The Hall–Kier alpha value is 1.04. The smallest absolute Gasteiger partial charge is 0.0832 e. The van der Waals surface area contributed by atoms with Gasteiger partial charge in [-0.3, -0.25) is 0 Å². The molecular formula is C4H12Cl2O3V. The van der Waals surface area contributed by atoms with Crippen molar-refractivity contribution in [3.8, 4) is 0 Å². The van der Waals surface area contributed by atoms with Crippen LogP contribution in [0.2, 0.25) is 0 Å².